The van der Waals surface area contributed by atoms with Crippen molar-refractivity contribution in [1.29, 1.82) is 0 Å². The molecule has 1 fully saturated rings. The molecule has 0 radical (unpaired) electrons. The number of carboxylic acids is 1. The van der Waals surface area contributed by atoms with E-state index in [0.29, 0.717) is 12.8 Å². The Morgan fingerprint density at radius 1 is 1.03 bits per heavy atom. The Labute approximate surface area is 200 Å². The summed E-state index contributed by atoms with van der Waals surface area (Å²) < 4.78 is 5.65. The van der Waals surface area contributed by atoms with E-state index < -0.39 is 23.5 Å². The third-order valence-corrected chi connectivity index (χ3v) is 7.26. The van der Waals surface area contributed by atoms with E-state index in [-0.39, 0.29) is 31.0 Å². The van der Waals surface area contributed by atoms with Crippen LogP contribution in [0.2, 0.25) is 0 Å². The molecule has 2 aromatic rings. The molecule has 180 valence electrons. The molecule has 2 N–H and O–H groups in total. The number of nitrogens with zero attached hydrogens (tertiary/aromatic N) is 1. The van der Waals surface area contributed by atoms with Gasteiger partial charge in [-0.05, 0) is 55.9 Å². The molecular weight excluding hydrogens is 432 g/mol. The summed E-state index contributed by atoms with van der Waals surface area (Å²) in [4.78, 5) is 39.1. The smallest absolute Gasteiger partial charge is 0.407 e. The van der Waals surface area contributed by atoms with E-state index in [1.807, 2.05) is 24.3 Å². The second kappa shape index (κ2) is 9.49. The summed E-state index contributed by atoms with van der Waals surface area (Å²) in [5, 5.41) is 12.5. The van der Waals surface area contributed by atoms with E-state index in [2.05, 4.69) is 29.6 Å². The first-order chi connectivity index (χ1) is 16.3. The van der Waals surface area contributed by atoms with Crippen LogP contribution < -0.4 is 5.32 Å². The van der Waals surface area contributed by atoms with Gasteiger partial charge in [0.2, 0.25) is 5.91 Å². The van der Waals surface area contributed by atoms with Crippen LogP contribution in [0.25, 0.3) is 11.1 Å². The zero-order valence-electron chi connectivity index (χ0n) is 19.9. The number of hydrogen-bond donors (Lipinski definition) is 2. The van der Waals surface area contributed by atoms with E-state index in [1.54, 1.807) is 6.92 Å². The molecule has 0 unspecified atom stereocenters. The lowest BCUT2D eigenvalue weighted by molar-refractivity contribution is -0.158. The highest BCUT2D eigenvalue weighted by Gasteiger charge is 2.43. The Morgan fingerprint density at radius 3 is 2.18 bits per heavy atom. The molecule has 34 heavy (non-hydrogen) atoms. The van der Waals surface area contributed by atoms with Crippen molar-refractivity contribution >= 4 is 18.0 Å². The van der Waals surface area contributed by atoms with Crippen molar-refractivity contribution in [2.75, 3.05) is 13.2 Å². The van der Waals surface area contributed by atoms with Crippen LogP contribution in [0.5, 0.6) is 0 Å². The van der Waals surface area contributed by atoms with Gasteiger partial charge in [-0.15, -0.1) is 0 Å². The van der Waals surface area contributed by atoms with Crippen LogP contribution in [0, 0.1) is 5.92 Å². The van der Waals surface area contributed by atoms with Gasteiger partial charge in [0.1, 0.15) is 12.1 Å². The van der Waals surface area contributed by atoms with Gasteiger partial charge in [-0.3, -0.25) is 4.79 Å². The van der Waals surface area contributed by atoms with Crippen LogP contribution >= 0.6 is 0 Å². The Hall–Kier alpha value is -3.35. The number of rotatable bonds is 7. The van der Waals surface area contributed by atoms with E-state index in [4.69, 9.17) is 4.74 Å². The molecule has 2 aliphatic rings. The summed E-state index contributed by atoms with van der Waals surface area (Å²) in [7, 11) is 0. The second-order valence-electron chi connectivity index (χ2n) is 9.56. The highest BCUT2D eigenvalue weighted by molar-refractivity contribution is 5.88. The summed E-state index contributed by atoms with van der Waals surface area (Å²) >= 11 is 0. The molecule has 2 atom stereocenters. The van der Waals surface area contributed by atoms with E-state index >= 15 is 0 Å². The number of ether oxygens (including phenoxy) is 1. The Bertz CT molecular complexity index is 1050. The Balaban J connectivity index is 1.41. The Morgan fingerprint density at radius 2 is 1.62 bits per heavy atom. The molecule has 2 amide bonds. The number of amides is 2. The number of nitrogens with one attached hydrogen (secondary N) is 1. The minimum atomic E-state index is -1.32. The van der Waals surface area contributed by atoms with Gasteiger partial charge in [0.25, 0.3) is 0 Å². The fourth-order valence-electron chi connectivity index (χ4n) is 5.36. The standard InChI is InChI=1S/C27H32N2O5/c1-4-29(27(2,3)25(31)32)24(30)21-14-9-15-23(21)28-26(33)34-16-22-19-12-7-5-10-17(19)18-11-6-8-13-20(18)22/h5-8,10-13,21-23H,4,9,14-16H2,1-3H3,(H,28,33)(H,31,32)/t21-,23+/m0/s1. The van der Waals surface area contributed by atoms with Crippen LogP contribution in [-0.4, -0.2) is 52.7 Å². The van der Waals surface area contributed by atoms with Crippen molar-refractivity contribution in [2.45, 2.75) is 57.5 Å². The van der Waals surface area contributed by atoms with Crippen LogP contribution in [0.3, 0.4) is 0 Å². The molecule has 7 nitrogen and oxygen atoms in total. The number of alkyl carbamates (subject to hydrolysis) is 1. The third-order valence-electron chi connectivity index (χ3n) is 7.26. The van der Waals surface area contributed by atoms with Crippen LogP contribution in [0.4, 0.5) is 4.79 Å². The molecular formula is C27H32N2O5. The van der Waals surface area contributed by atoms with Gasteiger partial charge in [0, 0.05) is 18.5 Å². The van der Waals surface area contributed by atoms with Crippen LogP contribution in [0.1, 0.15) is 57.1 Å². The van der Waals surface area contributed by atoms with Gasteiger partial charge in [-0.1, -0.05) is 55.0 Å². The first kappa shape index (κ1) is 23.8. The lowest BCUT2D eigenvalue weighted by Crippen LogP contribution is -2.56. The maximum atomic E-state index is 13.2. The topological polar surface area (TPSA) is 95.9 Å². The highest BCUT2D eigenvalue weighted by Crippen LogP contribution is 2.44. The monoisotopic (exact) mass is 464 g/mol. The first-order valence-corrected chi connectivity index (χ1v) is 11.9. The maximum absolute atomic E-state index is 13.2. The van der Waals surface area contributed by atoms with Gasteiger partial charge in [0.15, 0.2) is 0 Å². The van der Waals surface area contributed by atoms with Crippen molar-refractivity contribution in [1.82, 2.24) is 10.2 Å². The van der Waals surface area contributed by atoms with Crippen molar-refractivity contribution in [3.05, 3.63) is 59.7 Å². The molecule has 0 aromatic heterocycles. The summed E-state index contributed by atoms with van der Waals surface area (Å²) in [5.41, 5.74) is 3.28. The maximum Gasteiger partial charge on any atom is 0.407 e. The number of aliphatic carboxylic acids is 1. The molecule has 7 heteroatoms. The quantitative estimate of drug-likeness (QED) is 0.633. The first-order valence-electron chi connectivity index (χ1n) is 11.9. The fraction of sp³-hybridized carbons (Fsp3) is 0.444. The summed E-state index contributed by atoms with van der Waals surface area (Å²) in [6.07, 6.45) is 1.51. The van der Waals surface area contributed by atoms with Crippen LogP contribution in [0.15, 0.2) is 48.5 Å². The second-order valence-corrected chi connectivity index (χ2v) is 9.56. The predicted octanol–water partition coefficient (Wildman–Crippen LogP) is 4.41. The number of benzene rings is 2. The van der Waals surface area contributed by atoms with Gasteiger partial charge < -0.3 is 20.1 Å². The summed E-state index contributed by atoms with van der Waals surface area (Å²) in [6, 6.07) is 15.9. The zero-order valence-corrected chi connectivity index (χ0v) is 19.9. The number of carbonyl (C=O) groups is 3. The third kappa shape index (κ3) is 4.27. The van der Waals surface area contributed by atoms with Gasteiger partial charge in [-0.2, -0.15) is 0 Å². The minimum Gasteiger partial charge on any atom is -0.480 e. The lowest BCUT2D eigenvalue weighted by Gasteiger charge is -2.37. The molecule has 0 bridgehead atoms. The van der Waals surface area contributed by atoms with Crippen molar-refractivity contribution in [3.8, 4) is 11.1 Å². The Kier molecular flexibility index (Phi) is 6.64. The predicted molar refractivity (Wildman–Crippen MR) is 128 cm³/mol. The molecule has 0 aliphatic heterocycles. The van der Waals surface area contributed by atoms with Gasteiger partial charge >= 0.3 is 12.1 Å². The summed E-state index contributed by atoms with van der Waals surface area (Å²) in [5.74, 6) is -1.79. The lowest BCUT2D eigenvalue weighted by atomic mass is 9.96. The normalized spacial score (nSPS) is 19.3. The van der Waals surface area contributed by atoms with E-state index in [0.717, 1.165) is 28.7 Å². The van der Waals surface area contributed by atoms with E-state index in [1.165, 1.54) is 18.7 Å². The number of carboxylic acid groups (broad SMARTS) is 1. The molecule has 0 heterocycles. The van der Waals surface area contributed by atoms with Crippen molar-refractivity contribution in [3.63, 3.8) is 0 Å². The van der Waals surface area contributed by atoms with Gasteiger partial charge in [-0.25, -0.2) is 9.59 Å². The minimum absolute atomic E-state index is 0.0360. The zero-order chi connectivity index (χ0) is 24.5. The average Bonchev–Trinajstić information content (AvgIpc) is 3.40. The molecule has 1 saturated carbocycles. The number of fused-ring (bicyclic) bond motifs is 3. The molecule has 2 aliphatic carbocycles. The number of likely N-dealkylation sites (N-methyl/N-ethyl adjacent to an activating group) is 1. The van der Waals surface area contributed by atoms with Crippen LogP contribution in [-0.2, 0) is 14.3 Å². The SMILES string of the molecule is CCN(C(=O)[C@H]1CCC[C@H]1NC(=O)OCC1c2ccccc2-c2ccccc21)C(C)(C)C(=O)O. The largest absolute Gasteiger partial charge is 0.480 e. The molecule has 0 saturated heterocycles. The number of hydrogen-bond acceptors (Lipinski definition) is 4. The number of carbonyl (C=O) groups excluding carboxylic acids is 2. The fourth-order valence-corrected chi connectivity index (χ4v) is 5.36. The van der Waals surface area contributed by atoms with E-state index in [9.17, 15) is 19.5 Å². The summed E-state index contributed by atoms with van der Waals surface area (Å²) in [6.45, 7) is 5.31. The molecule has 2 aromatic carbocycles. The van der Waals surface area contributed by atoms with Gasteiger partial charge in [0.05, 0.1) is 5.92 Å². The highest BCUT2D eigenvalue weighted by atomic mass is 16.5. The average molecular weight is 465 g/mol. The van der Waals surface area contributed by atoms with Crippen molar-refractivity contribution in [2.24, 2.45) is 5.92 Å². The molecule has 4 rings (SSSR count). The van der Waals surface area contributed by atoms with Crippen molar-refractivity contribution < 1.29 is 24.2 Å². The molecule has 0 spiro atoms.